The van der Waals surface area contributed by atoms with Crippen molar-refractivity contribution in [3.05, 3.63) is 46.5 Å². The maximum Gasteiger partial charge on any atom is 0.328 e. The van der Waals surface area contributed by atoms with Gasteiger partial charge in [0.2, 0.25) is 0 Å². The van der Waals surface area contributed by atoms with E-state index in [0.29, 0.717) is 17.6 Å². The molecule has 0 aromatic heterocycles. The molecule has 0 unspecified atom stereocenters. The van der Waals surface area contributed by atoms with Gasteiger partial charge in [0.25, 0.3) is 0 Å². The van der Waals surface area contributed by atoms with Crippen molar-refractivity contribution in [2.24, 2.45) is 5.92 Å². The van der Waals surface area contributed by atoms with E-state index in [4.69, 9.17) is 21.8 Å². The second kappa shape index (κ2) is 8.03. The summed E-state index contributed by atoms with van der Waals surface area (Å²) in [5.41, 5.74) is 3.63. The number of piperidine rings is 1. The maximum atomic E-state index is 9.55. The lowest BCUT2D eigenvalue weighted by molar-refractivity contribution is -0.134. The minimum Gasteiger partial charge on any atom is -0.478 e. The third-order valence-electron chi connectivity index (χ3n) is 6.44. The second-order valence-electron chi connectivity index (χ2n) is 7.82. The number of hydrogen-bond donors (Lipinski definition) is 2. The number of aliphatic carboxylic acids is 2. The summed E-state index contributed by atoms with van der Waals surface area (Å²) in [6.45, 7) is 1.26. The van der Waals surface area contributed by atoms with Crippen molar-refractivity contribution < 1.29 is 19.8 Å². The first-order valence-corrected chi connectivity index (χ1v) is 9.84. The van der Waals surface area contributed by atoms with Gasteiger partial charge >= 0.3 is 11.9 Å². The topological polar surface area (TPSA) is 77.8 Å². The van der Waals surface area contributed by atoms with Crippen molar-refractivity contribution in [2.45, 2.75) is 50.0 Å². The second-order valence-corrected chi connectivity index (χ2v) is 8.26. The number of likely N-dealkylation sites (tertiary alicyclic amines) is 1. The lowest BCUT2D eigenvalue weighted by Crippen LogP contribution is -2.59. The van der Waals surface area contributed by atoms with Gasteiger partial charge in [-0.2, -0.15) is 0 Å². The Bertz CT molecular complexity index is 747. The molecule has 27 heavy (non-hydrogen) atoms. The summed E-state index contributed by atoms with van der Waals surface area (Å²) in [5.74, 6) is -1.65. The molecule has 1 aliphatic heterocycles. The summed E-state index contributed by atoms with van der Waals surface area (Å²) in [6, 6.07) is 7.42. The highest BCUT2D eigenvalue weighted by Crippen LogP contribution is 2.55. The Hall–Kier alpha value is -1.85. The third kappa shape index (κ3) is 4.04. The van der Waals surface area contributed by atoms with Gasteiger partial charge in [-0.3, -0.25) is 0 Å². The van der Waals surface area contributed by atoms with Gasteiger partial charge in [-0.1, -0.05) is 30.5 Å². The molecule has 1 aromatic carbocycles. The van der Waals surface area contributed by atoms with Crippen LogP contribution >= 0.6 is 11.6 Å². The summed E-state index contributed by atoms with van der Waals surface area (Å²) < 4.78 is 0. The smallest absolute Gasteiger partial charge is 0.328 e. The van der Waals surface area contributed by atoms with Crippen molar-refractivity contribution in [3.63, 3.8) is 0 Å². The van der Waals surface area contributed by atoms with Gasteiger partial charge in [0.1, 0.15) is 0 Å². The quantitative estimate of drug-likeness (QED) is 0.751. The first-order valence-electron chi connectivity index (χ1n) is 9.46. The summed E-state index contributed by atoms with van der Waals surface area (Å²) >= 11 is 6.30. The lowest BCUT2D eigenvalue weighted by Gasteiger charge is -2.58. The third-order valence-corrected chi connectivity index (χ3v) is 6.68. The van der Waals surface area contributed by atoms with Gasteiger partial charge in [-0.05, 0) is 68.5 Å². The molecule has 146 valence electrons. The molecule has 1 aromatic rings. The number of fused-ring (bicyclic) bond motifs is 1. The number of likely N-dealkylation sites (N-methyl/N-ethyl adjacent to an activating group) is 1. The molecule has 0 spiro atoms. The van der Waals surface area contributed by atoms with Crippen LogP contribution in [0.4, 0.5) is 0 Å². The number of carboxylic acid groups (broad SMARTS) is 2. The standard InChI is InChI=1S/C17H22ClN.C4H4O4/c1-19-9-8-17-7-3-2-4-14(17)16(19)10-12-5-6-13(18)11-15(12)17;5-3(6)1-2-4(7)8/h5-6,11,14,16H,2-4,7-10H2,1H3;1-2H,(H,5,6)(H,7,8)/b;2-1+/t14-,16+,17+;/m0./s1. The molecular formula is C21H26ClNO4. The molecule has 1 saturated carbocycles. The zero-order valence-electron chi connectivity index (χ0n) is 15.5. The zero-order chi connectivity index (χ0) is 19.6. The van der Waals surface area contributed by atoms with Crippen molar-refractivity contribution >= 4 is 23.5 Å². The molecule has 0 radical (unpaired) electrons. The van der Waals surface area contributed by atoms with E-state index >= 15 is 0 Å². The summed E-state index contributed by atoms with van der Waals surface area (Å²) in [7, 11) is 2.32. The summed E-state index contributed by atoms with van der Waals surface area (Å²) in [5, 5.41) is 16.6. The van der Waals surface area contributed by atoms with Crippen molar-refractivity contribution in [2.75, 3.05) is 13.6 Å². The van der Waals surface area contributed by atoms with Crippen LogP contribution < -0.4 is 0 Å². The molecular weight excluding hydrogens is 366 g/mol. The summed E-state index contributed by atoms with van der Waals surface area (Å²) in [6.07, 6.45) is 9.31. The number of halogens is 1. The van der Waals surface area contributed by atoms with E-state index in [-0.39, 0.29) is 0 Å². The minimum absolute atomic E-state index is 0.452. The van der Waals surface area contributed by atoms with E-state index in [2.05, 4.69) is 30.1 Å². The van der Waals surface area contributed by atoms with Crippen LogP contribution in [-0.2, 0) is 21.4 Å². The first kappa shape index (κ1) is 19.9. The average Bonchev–Trinajstić information content (AvgIpc) is 2.64. The molecule has 2 aliphatic carbocycles. The molecule has 3 aliphatic rings. The van der Waals surface area contributed by atoms with E-state index in [0.717, 1.165) is 17.0 Å². The van der Waals surface area contributed by atoms with Crippen LogP contribution in [0.5, 0.6) is 0 Å². The highest BCUT2D eigenvalue weighted by Gasteiger charge is 2.52. The Morgan fingerprint density at radius 1 is 1.19 bits per heavy atom. The number of carbonyl (C=O) groups is 2. The average molecular weight is 392 g/mol. The Labute approximate surface area is 164 Å². The maximum absolute atomic E-state index is 9.55. The van der Waals surface area contributed by atoms with Crippen LogP contribution in [0.1, 0.15) is 43.2 Å². The van der Waals surface area contributed by atoms with Crippen LogP contribution in [-0.4, -0.2) is 46.7 Å². The number of nitrogens with zero attached hydrogens (tertiary/aromatic N) is 1. The molecule has 6 heteroatoms. The van der Waals surface area contributed by atoms with Crippen molar-refractivity contribution in [1.29, 1.82) is 0 Å². The number of hydrogen-bond acceptors (Lipinski definition) is 3. The van der Waals surface area contributed by atoms with Crippen LogP contribution in [0, 0.1) is 5.92 Å². The summed E-state index contributed by atoms with van der Waals surface area (Å²) in [4.78, 5) is 21.7. The normalized spacial score (nSPS) is 29.3. The van der Waals surface area contributed by atoms with Crippen molar-refractivity contribution in [3.8, 4) is 0 Å². The fourth-order valence-corrected chi connectivity index (χ4v) is 5.48. The molecule has 2 bridgehead atoms. The molecule has 0 amide bonds. The van der Waals surface area contributed by atoms with Gasteiger partial charge in [0.15, 0.2) is 0 Å². The van der Waals surface area contributed by atoms with Gasteiger partial charge < -0.3 is 15.1 Å². The van der Waals surface area contributed by atoms with E-state index in [1.165, 1.54) is 45.1 Å². The van der Waals surface area contributed by atoms with E-state index in [1.807, 2.05) is 0 Å². The first-order chi connectivity index (χ1) is 12.8. The molecule has 1 saturated heterocycles. The Kier molecular flexibility index (Phi) is 5.92. The molecule has 2 fully saturated rings. The van der Waals surface area contributed by atoms with Crippen LogP contribution in [0.15, 0.2) is 30.4 Å². The molecule has 3 atom stereocenters. The van der Waals surface area contributed by atoms with Crippen molar-refractivity contribution in [1.82, 2.24) is 4.90 Å². The molecule has 5 nitrogen and oxygen atoms in total. The Morgan fingerprint density at radius 2 is 1.89 bits per heavy atom. The molecule has 4 rings (SSSR count). The van der Waals surface area contributed by atoms with Gasteiger partial charge in [-0.15, -0.1) is 0 Å². The Balaban J connectivity index is 0.000000226. The van der Waals surface area contributed by atoms with Gasteiger partial charge in [0, 0.05) is 28.6 Å². The largest absolute Gasteiger partial charge is 0.478 e. The lowest BCUT2D eigenvalue weighted by atomic mass is 9.52. The highest BCUT2D eigenvalue weighted by atomic mass is 35.5. The van der Waals surface area contributed by atoms with E-state index in [1.54, 1.807) is 11.1 Å². The van der Waals surface area contributed by atoms with Crippen LogP contribution in [0.2, 0.25) is 5.02 Å². The SMILES string of the molecule is CN1CC[C@]23CCCC[C@H]2[C@H]1Cc1ccc(Cl)cc13.O=C(O)/C=C/C(=O)O. The van der Waals surface area contributed by atoms with Crippen LogP contribution in [0.25, 0.3) is 0 Å². The zero-order valence-corrected chi connectivity index (χ0v) is 16.3. The fourth-order valence-electron chi connectivity index (χ4n) is 5.31. The van der Waals surface area contributed by atoms with Crippen LogP contribution in [0.3, 0.4) is 0 Å². The predicted octanol–water partition coefficient (Wildman–Crippen LogP) is 3.74. The van der Waals surface area contributed by atoms with E-state index < -0.39 is 11.9 Å². The van der Waals surface area contributed by atoms with Gasteiger partial charge in [-0.25, -0.2) is 9.59 Å². The number of carboxylic acids is 2. The minimum atomic E-state index is -1.26. The molecule has 1 heterocycles. The number of rotatable bonds is 2. The molecule has 2 N–H and O–H groups in total. The van der Waals surface area contributed by atoms with Gasteiger partial charge in [0.05, 0.1) is 0 Å². The number of benzene rings is 1. The van der Waals surface area contributed by atoms with E-state index in [9.17, 15) is 9.59 Å². The predicted molar refractivity (Wildman–Crippen MR) is 104 cm³/mol. The monoisotopic (exact) mass is 391 g/mol. The highest BCUT2D eigenvalue weighted by molar-refractivity contribution is 6.30. The fraction of sp³-hybridized carbons (Fsp3) is 0.524. The Morgan fingerprint density at radius 3 is 2.56 bits per heavy atom.